The molecule has 10 heterocycles. The van der Waals surface area contributed by atoms with Crippen molar-refractivity contribution in [2.75, 3.05) is 105 Å². The first-order valence-electron chi connectivity index (χ1n) is 41.0. The van der Waals surface area contributed by atoms with Crippen LogP contribution in [-0.4, -0.2) is 182 Å². The van der Waals surface area contributed by atoms with Crippen LogP contribution in [0.2, 0.25) is 31.7 Å². The molecule has 4 saturated carbocycles. The van der Waals surface area contributed by atoms with Crippen LogP contribution < -0.4 is 37.2 Å². The quantitative estimate of drug-likeness (QED) is 0.0264. The normalized spacial score (nSPS) is 16.5. The molecule has 3 aliphatic heterocycles. The SMILES string of the molecule is BrCCC1CCCCC1.C1CCOC1.C1CNCCN1.CCOCC.Clc1nc(CCC2CCCCC2)nc(Nc2ccc3ncsc3c2)n1.Clc1nc(Cl)nc(CCC2CCCCC2)n1.Clc1nc(Cl)nc(Cl)n1.Nc1ccc2ncsc2c1.[H-].[H-].[Mg+2].c1nc2ccc(Nc3nc(CCC4CCCCC4)nc(N4CCNCC4)n3)cc2s1. The zero-order chi connectivity index (χ0) is 80.9. The molecule has 7 N–H and O–H groups in total. The molecule has 116 heavy (non-hydrogen) atoms. The molecule has 24 nitrogen and oxygen atoms in total. The third-order valence-electron chi connectivity index (χ3n) is 20.4. The number of rotatable bonds is 18. The predicted molar refractivity (Wildman–Crippen MR) is 490 cm³/mol. The first kappa shape index (κ1) is 96.8. The Morgan fingerprint density at radius 2 is 0.793 bits per heavy atom. The number of aryl methyl sites for hydroxylation is 3. The summed E-state index contributed by atoms with van der Waals surface area (Å²) in [5.74, 6) is 7.84. The second-order valence-electron chi connectivity index (χ2n) is 29.0. The number of nitrogens with two attached hydrogens (primary N) is 1. The Balaban J connectivity index is 0.000000220. The molecule has 10 aromatic rings. The summed E-state index contributed by atoms with van der Waals surface area (Å²) in [5.41, 5.74) is 16.9. The van der Waals surface area contributed by atoms with Crippen molar-refractivity contribution in [1.82, 2.24) is 90.7 Å². The van der Waals surface area contributed by atoms with Crippen molar-refractivity contribution in [3.63, 3.8) is 0 Å². The van der Waals surface area contributed by atoms with E-state index < -0.39 is 0 Å². The number of anilines is 6. The van der Waals surface area contributed by atoms with E-state index in [1.165, 1.54) is 159 Å². The molecule has 4 aliphatic carbocycles. The summed E-state index contributed by atoms with van der Waals surface area (Å²) in [6.45, 7) is 16.0. The number of nitrogen functional groups attached to an aromatic ring is 1. The van der Waals surface area contributed by atoms with Crippen LogP contribution in [0, 0.1) is 23.7 Å². The molecule has 630 valence electrons. The van der Waals surface area contributed by atoms with Gasteiger partial charge < -0.3 is 49.5 Å². The largest absolute Gasteiger partial charge is 2.00 e. The van der Waals surface area contributed by atoms with E-state index in [0.717, 1.165) is 206 Å². The summed E-state index contributed by atoms with van der Waals surface area (Å²) in [5, 5.41) is 18.3. The van der Waals surface area contributed by atoms with Gasteiger partial charge in [0.05, 0.1) is 47.2 Å². The summed E-state index contributed by atoms with van der Waals surface area (Å²) < 4.78 is 13.2. The van der Waals surface area contributed by atoms with Gasteiger partial charge >= 0.3 is 23.1 Å². The van der Waals surface area contributed by atoms with E-state index >= 15 is 0 Å². The van der Waals surface area contributed by atoms with Gasteiger partial charge in [-0.25, -0.2) is 29.9 Å². The van der Waals surface area contributed by atoms with Gasteiger partial charge in [-0.15, -0.1) is 34.0 Å². The Morgan fingerprint density at radius 3 is 1.17 bits per heavy atom. The summed E-state index contributed by atoms with van der Waals surface area (Å²) in [6.07, 6.45) is 37.9. The predicted octanol–water partition coefficient (Wildman–Crippen LogP) is 21.2. The third kappa shape index (κ3) is 38.2. The van der Waals surface area contributed by atoms with E-state index in [1.807, 2.05) is 78.9 Å². The number of halogens is 7. The number of piperazine rings is 2. The van der Waals surface area contributed by atoms with Gasteiger partial charge in [0, 0.05) is 120 Å². The molecule has 35 heteroatoms. The fourth-order valence-corrected chi connectivity index (χ4v) is 18.3. The number of hydrogen-bond donors (Lipinski definition) is 6. The molecule has 17 rings (SSSR count). The fourth-order valence-electron chi connectivity index (χ4n) is 14.3. The van der Waals surface area contributed by atoms with Gasteiger partial charge in [-0.3, -0.25) is 0 Å². The Morgan fingerprint density at radius 1 is 0.440 bits per heavy atom. The number of ether oxygens (including phenoxy) is 2. The second kappa shape index (κ2) is 56.9. The molecule has 0 radical (unpaired) electrons. The molecular formula is C81H115BrCl6MgN22O2S3. The van der Waals surface area contributed by atoms with Gasteiger partial charge in [-0.05, 0) is 200 Å². The van der Waals surface area contributed by atoms with E-state index in [0.29, 0.717) is 11.9 Å². The Labute approximate surface area is 754 Å². The fraction of sp³-hybridized carbons (Fsp3) is 0.593. The summed E-state index contributed by atoms with van der Waals surface area (Å²) in [7, 11) is 0. The van der Waals surface area contributed by atoms with Gasteiger partial charge in [-0.2, -0.15) is 44.9 Å². The maximum absolute atomic E-state index is 6.11. The van der Waals surface area contributed by atoms with Crippen molar-refractivity contribution in [3.05, 3.63) is 120 Å². The molecule has 0 unspecified atom stereocenters. The molecular weight excluding hydrogens is 1730 g/mol. The van der Waals surface area contributed by atoms with Gasteiger partial charge in [0.1, 0.15) is 17.5 Å². The molecule has 0 spiro atoms. The molecule has 0 amide bonds. The molecule has 0 bridgehead atoms. The van der Waals surface area contributed by atoms with Crippen molar-refractivity contribution in [2.24, 2.45) is 23.7 Å². The zero-order valence-electron chi connectivity index (χ0n) is 69.1. The van der Waals surface area contributed by atoms with E-state index in [2.05, 4.69) is 113 Å². The Bertz CT molecular complexity index is 4260. The summed E-state index contributed by atoms with van der Waals surface area (Å²) >= 11 is 41.9. The number of alkyl halides is 1. The van der Waals surface area contributed by atoms with Crippen molar-refractivity contribution >= 4 is 208 Å². The topological polar surface area (TPSA) is 301 Å². The minimum absolute atomic E-state index is 0. The van der Waals surface area contributed by atoms with Crippen molar-refractivity contribution < 1.29 is 12.3 Å². The number of benzene rings is 3. The van der Waals surface area contributed by atoms with Crippen molar-refractivity contribution in [3.8, 4) is 0 Å². The number of nitrogens with zero attached hydrogens (tertiary/aromatic N) is 16. The first-order valence-corrected chi connectivity index (χ1v) is 47.1. The maximum Gasteiger partial charge on any atom is 2.00 e. The van der Waals surface area contributed by atoms with Crippen LogP contribution in [0.5, 0.6) is 0 Å². The smallest absolute Gasteiger partial charge is 1.00 e. The van der Waals surface area contributed by atoms with E-state index in [9.17, 15) is 0 Å². The minimum atomic E-state index is 0. The van der Waals surface area contributed by atoms with Gasteiger partial charge in [0.2, 0.25) is 49.5 Å². The number of aromatic nitrogens is 15. The van der Waals surface area contributed by atoms with E-state index in [1.54, 1.807) is 34.0 Å². The first-order chi connectivity index (χ1) is 56.2. The van der Waals surface area contributed by atoms with Crippen LogP contribution in [0.1, 0.15) is 201 Å². The number of nitrogens with one attached hydrogen (secondary N) is 5. The number of fused-ring (bicyclic) bond motifs is 3. The molecule has 0 atom stereocenters. The minimum Gasteiger partial charge on any atom is -1.00 e. The standard InChI is InChI=1S/C22H29N7S.C18H20ClN5S.C11H15Cl2N3.C8H15Br.C7H6N2S.C4H10N2.C4H8O.C4H10O.C3Cl3N3.Mg.2H/c1-2-4-16(5-3-1)6-9-20-26-21(28-22(27-20)29-12-10-23-11-13-29)25-17-7-8-18-19(14-17)30-15-24-18;19-17-22-16(9-6-12-4-2-1-3-5-12)23-18(24-17)21-13-7-8-14-15(10-13)25-11-20-14;12-10-14-9(15-11(13)16-10)7-6-8-4-2-1-3-5-8;9-7-6-8-4-2-1-3-5-8;8-5-1-2-6-7(3-5)10-4-9-6;1-2-6-4-3-5-1;1-2-4-5-3-1;1-3-5-4-2;4-1-7-2(5)9-3(6)8-1;;;/h7-8,14-16,23H,1-6,9-13H2,(H,25,26,27,28);7-8,10-12H,1-6,9H2,(H,21,22,23,24);8H,1-7H2;8H,1-7H2;1-4H,8H2;5-6H,1-4H2;1-4H2;3-4H2,1-2H3;;;;/q;;;;;;;;;+2;2*-1. The number of thiazole rings is 3. The Kier molecular flexibility index (Phi) is 47.4. The van der Waals surface area contributed by atoms with Crippen LogP contribution in [0.25, 0.3) is 30.6 Å². The maximum atomic E-state index is 6.11. The van der Waals surface area contributed by atoms with E-state index in [4.69, 9.17) is 99.8 Å². The molecule has 7 aromatic heterocycles. The van der Waals surface area contributed by atoms with Crippen LogP contribution >= 0.6 is 120 Å². The molecule has 7 aliphatic rings. The third-order valence-corrected chi connectivity index (χ3v) is 24.2. The van der Waals surface area contributed by atoms with Crippen molar-refractivity contribution in [2.45, 2.75) is 200 Å². The average Bonchev–Trinajstić information content (AvgIpc) is 1.45. The molecule has 7 fully saturated rings. The monoisotopic (exact) mass is 1840 g/mol. The zero-order valence-corrected chi connectivity index (χ0v) is 77.0. The van der Waals surface area contributed by atoms with Crippen LogP contribution in [-0.2, 0) is 28.7 Å². The molecule has 3 saturated heterocycles. The van der Waals surface area contributed by atoms with Gasteiger partial charge in [-0.1, -0.05) is 144 Å². The van der Waals surface area contributed by atoms with Crippen LogP contribution in [0.4, 0.5) is 34.9 Å². The Hall–Kier alpha value is -4.64. The van der Waals surface area contributed by atoms with Crippen LogP contribution in [0.3, 0.4) is 0 Å². The van der Waals surface area contributed by atoms with Crippen molar-refractivity contribution in [1.29, 1.82) is 0 Å². The molecule has 3 aromatic carbocycles. The summed E-state index contributed by atoms with van der Waals surface area (Å²) in [6, 6.07) is 17.9. The van der Waals surface area contributed by atoms with Gasteiger partial charge in [0.15, 0.2) is 0 Å². The average molecular weight is 1840 g/mol. The number of hydrogen-bond acceptors (Lipinski definition) is 27. The second-order valence-corrected chi connectivity index (χ2v) is 34.5. The van der Waals surface area contributed by atoms with E-state index in [-0.39, 0.29) is 57.6 Å². The summed E-state index contributed by atoms with van der Waals surface area (Å²) in [4.78, 5) is 64.8. The van der Waals surface area contributed by atoms with Gasteiger partial charge in [0.25, 0.3) is 0 Å². The van der Waals surface area contributed by atoms with Crippen LogP contribution in [0.15, 0.2) is 71.1 Å².